The highest BCUT2D eigenvalue weighted by Gasteiger charge is 2.15. The molecule has 2 rings (SSSR count). The van der Waals surface area contributed by atoms with Crippen molar-refractivity contribution in [1.82, 2.24) is 14.3 Å². The van der Waals surface area contributed by atoms with Gasteiger partial charge in [-0.25, -0.2) is 19.2 Å². The fourth-order valence-electron chi connectivity index (χ4n) is 0.952. The van der Waals surface area contributed by atoms with Gasteiger partial charge in [-0.1, -0.05) is 0 Å². The quantitative estimate of drug-likeness (QED) is 0.905. The molecule has 0 fully saturated rings. The molecule has 2 aromatic heterocycles. The molecular weight excluding hydrogens is 253 g/mol. The van der Waals surface area contributed by atoms with Crippen LogP contribution >= 0.6 is 23.3 Å². The van der Waals surface area contributed by atoms with Gasteiger partial charge in [-0.05, 0) is 29.4 Å². The summed E-state index contributed by atoms with van der Waals surface area (Å²) in [6.45, 7) is 0. The van der Waals surface area contributed by atoms with Crippen LogP contribution in [0, 0.1) is 5.82 Å². The van der Waals surface area contributed by atoms with Crippen molar-refractivity contribution in [2.24, 2.45) is 0 Å². The van der Waals surface area contributed by atoms with Crippen LogP contribution in [0.5, 0.6) is 0 Å². The first-order valence-electron chi connectivity index (χ1n) is 4.00. The number of pyridine rings is 1. The lowest BCUT2D eigenvalue weighted by Crippen LogP contribution is -2.01. The number of aromatic carboxylic acids is 1. The van der Waals surface area contributed by atoms with Crippen LogP contribution in [0.3, 0.4) is 0 Å². The van der Waals surface area contributed by atoms with Crippen LogP contribution in [-0.2, 0) is 0 Å². The van der Waals surface area contributed by atoms with Crippen LogP contribution in [0.1, 0.15) is 10.4 Å². The van der Waals surface area contributed by atoms with Crippen molar-refractivity contribution >= 4 is 29.3 Å². The highest BCUT2D eigenvalue weighted by atomic mass is 32.2. The molecule has 0 aromatic carbocycles. The molecule has 0 aliphatic carbocycles. The second-order valence-corrected chi connectivity index (χ2v) is 4.64. The molecule has 0 unspecified atom stereocenters. The predicted molar refractivity (Wildman–Crippen MR) is 55.2 cm³/mol. The van der Waals surface area contributed by atoms with Crippen molar-refractivity contribution in [1.29, 1.82) is 0 Å². The van der Waals surface area contributed by atoms with E-state index in [2.05, 4.69) is 14.3 Å². The minimum absolute atomic E-state index is 0.180. The van der Waals surface area contributed by atoms with Gasteiger partial charge in [0.15, 0.2) is 4.34 Å². The van der Waals surface area contributed by atoms with E-state index in [4.69, 9.17) is 5.11 Å². The van der Waals surface area contributed by atoms with Crippen molar-refractivity contribution in [3.8, 4) is 0 Å². The van der Waals surface area contributed by atoms with Crippen molar-refractivity contribution in [2.45, 2.75) is 9.37 Å². The Bertz CT molecular complexity index is 518. The zero-order valence-electron chi connectivity index (χ0n) is 7.62. The molecular formula is C8H4FN3O2S2. The van der Waals surface area contributed by atoms with Crippen molar-refractivity contribution < 1.29 is 14.3 Å². The van der Waals surface area contributed by atoms with E-state index in [1.54, 1.807) is 0 Å². The zero-order valence-corrected chi connectivity index (χ0v) is 9.26. The number of hydrogen-bond donors (Lipinski definition) is 1. The second-order valence-electron chi connectivity index (χ2n) is 2.62. The van der Waals surface area contributed by atoms with E-state index in [-0.39, 0.29) is 10.6 Å². The Morgan fingerprint density at radius 2 is 2.31 bits per heavy atom. The normalized spacial score (nSPS) is 10.3. The first-order chi connectivity index (χ1) is 7.66. The van der Waals surface area contributed by atoms with Gasteiger partial charge in [0.05, 0.1) is 11.8 Å². The Labute approximate surface area is 97.5 Å². The van der Waals surface area contributed by atoms with Gasteiger partial charge in [0, 0.05) is 0 Å². The molecule has 0 bridgehead atoms. The highest BCUT2D eigenvalue weighted by Crippen LogP contribution is 2.29. The van der Waals surface area contributed by atoms with E-state index in [1.807, 2.05) is 0 Å². The van der Waals surface area contributed by atoms with Crippen LogP contribution in [0.25, 0.3) is 0 Å². The molecule has 0 aliphatic rings. The third-order valence-electron chi connectivity index (χ3n) is 1.57. The smallest absolute Gasteiger partial charge is 0.338 e. The van der Waals surface area contributed by atoms with Crippen molar-refractivity contribution in [3.05, 3.63) is 30.0 Å². The highest BCUT2D eigenvalue weighted by molar-refractivity contribution is 8.01. The predicted octanol–water partition coefficient (Wildman–Crippen LogP) is 1.92. The van der Waals surface area contributed by atoms with E-state index >= 15 is 0 Å². The third-order valence-corrected chi connectivity index (χ3v) is 3.31. The van der Waals surface area contributed by atoms with Crippen LogP contribution in [0.15, 0.2) is 28.0 Å². The Balaban J connectivity index is 2.36. The summed E-state index contributed by atoms with van der Waals surface area (Å²) in [4.78, 5) is 18.4. The third kappa shape index (κ3) is 2.34. The molecule has 0 radical (unpaired) electrons. The number of nitrogens with zero attached hydrogens (tertiary/aromatic N) is 3. The molecule has 8 heteroatoms. The summed E-state index contributed by atoms with van der Waals surface area (Å²) < 4.78 is 17.2. The van der Waals surface area contributed by atoms with Crippen LogP contribution in [0.2, 0.25) is 0 Å². The lowest BCUT2D eigenvalue weighted by molar-refractivity contribution is 0.0691. The van der Waals surface area contributed by atoms with E-state index in [1.165, 1.54) is 6.33 Å². The monoisotopic (exact) mass is 257 g/mol. The van der Waals surface area contributed by atoms with Gasteiger partial charge in [-0.3, -0.25) is 0 Å². The second kappa shape index (κ2) is 4.54. The lowest BCUT2D eigenvalue weighted by atomic mass is 10.3. The number of rotatable bonds is 3. The molecule has 0 spiro atoms. The number of aromatic nitrogens is 3. The molecule has 0 atom stereocenters. The van der Waals surface area contributed by atoms with Crippen molar-refractivity contribution in [3.63, 3.8) is 0 Å². The first-order valence-corrected chi connectivity index (χ1v) is 5.59. The molecule has 0 saturated heterocycles. The number of carboxylic acids is 1. The fraction of sp³-hybridized carbons (Fsp3) is 0. The topological polar surface area (TPSA) is 76.0 Å². The molecule has 82 valence electrons. The molecule has 0 saturated carbocycles. The summed E-state index contributed by atoms with van der Waals surface area (Å²) in [5, 5.41) is 9.07. The minimum Gasteiger partial charge on any atom is -0.478 e. The van der Waals surface area contributed by atoms with Crippen LogP contribution in [-0.4, -0.2) is 25.4 Å². The van der Waals surface area contributed by atoms with Crippen LogP contribution < -0.4 is 0 Å². The molecule has 0 amide bonds. The minimum atomic E-state index is -1.22. The maximum absolute atomic E-state index is 12.8. The van der Waals surface area contributed by atoms with E-state index < -0.39 is 11.8 Å². The molecule has 2 aromatic rings. The Hall–Kier alpha value is -1.54. The molecule has 5 nitrogen and oxygen atoms in total. The summed E-state index contributed by atoms with van der Waals surface area (Å²) in [6, 6.07) is 0.929. The van der Waals surface area contributed by atoms with Gasteiger partial charge in [0.25, 0.3) is 0 Å². The molecule has 0 aliphatic heterocycles. The maximum atomic E-state index is 12.8. The first kappa shape index (κ1) is 11.0. The van der Waals surface area contributed by atoms with Gasteiger partial charge >= 0.3 is 5.97 Å². The number of carbonyl (C=O) groups is 1. The average Bonchev–Trinajstić information content (AvgIpc) is 2.73. The number of hydrogen-bond acceptors (Lipinski definition) is 6. The Kier molecular flexibility index (Phi) is 3.11. The average molecular weight is 257 g/mol. The van der Waals surface area contributed by atoms with Gasteiger partial charge in [-0.15, -0.1) is 0 Å². The molecule has 16 heavy (non-hydrogen) atoms. The number of halogens is 1. The van der Waals surface area contributed by atoms with Crippen LogP contribution in [0.4, 0.5) is 4.39 Å². The Morgan fingerprint density at radius 3 is 2.94 bits per heavy atom. The van der Waals surface area contributed by atoms with Gasteiger partial charge < -0.3 is 5.11 Å². The van der Waals surface area contributed by atoms with E-state index in [9.17, 15) is 9.18 Å². The lowest BCUT2D eigenvalue weighted by Gasteiger charge is -2.01. The maximum Gasteiger partial charge on any atom is 0.338 e. The van der Waals surface area contributed by atoms with Crippen molar-refractivity contribution in [2.75, 3.05) is 0 Å². The van der Waals surface area contributed by atoms with Gasteiger partial charge in [0.1, 0.15) is 17.2 Å². The van der Waals surface area contributed by atoms with E-state index in [0.29, 0.717) is 4.34 Å². The molecule has 1 N–H and O–H groups in total. The summed E-state index contributed by atoms with van der Waals surface area (Å²) in [5.41, 5.74) is -0.180. The number of carboxylic acid groups (broad SMARTS) is 1. The van der Waals surface area contributed by atoms with Gasteiger partial charge in [0.2, 0.25) is 0 Å². The largest absolute Gasteiger partial charge is 0.478 e. The summed E-state index contributed by atoms with van der Waals surface area (Å²) >= 11 is 2.16. The standard InChI is InChI=1S/C8H4FN3O2S2/c9-4-1-5(7(13)14)6(10-2-4)15-8-11-3-12-16-8/h1-3H,(H,13,14). The fourth-order valence-corrected chi connectivity index (χ4v) is 2.37. The summed E-state index contributed by atoms with van der Waals surface area (Å²) in [6.07, 6.45) is 2.33. The van der Waals surface area contributed by atoms with E-state index in [0.717, 1.165) is 35.6 Å². The molecule has 2 heterocycles. The van der Waals surface area contributed by atoms with Gasteiger partial charge in [-0.2, -0.15) is 4.37 Å². The summed E-state index contributed by atoms with van der Waals surface area (Å²) in [7, 11) is 0. The Morgan fingerprint density at radius 1 is 1.50 bits per heavy atom. The SMILES string of the molecule is O=C(O)c1cc(F)cnc1Sc1ncns1. The summed E-state index contributed by atoms with van der Waals surface area (Å²) in [5.74, 6) is -1.90. The zero-order chi connectivity index (χ0) is 11.5.